The lowest BCUT2D eigenvalue weighted by atomic mass is 10.1. The molecule has 0 unspecified atom stereocenters. The number of cyclic esters (lactones) is 1. The van der Waals surface area contributed by atoms with E-state index in [4.69, 9.17) is 9.15 Å². The number of fused-ring (bicyclic) bond motifs is 1. The minimum Gasteiger partial charge on any atom is -0.461 e. The number of para-hydroxylation sites is 1. The van der Waals surface area contributed by atoms with E-state index in [0.29, 0.717) is 12.3 Å². The van der Waals surface area contributed by atoms with Gasteiger partial charge in [-0.1, -0.05) is 18.2 Å². The van der Waals surface area contributed by atoms with E-state index >= 15 is 0 Å². The number of hydrogen-bond acceptors (Lipinski definition) is 4. The molecule has 2 aromatic rings. The molecule has 0 amide bonds. The molecule has 0 saturated carbocycles. The summed E-state index contributed by atoms with van der Waals surface area (Å²) in [5.41, 5.74) is 0.828. The van der Waals surface area contributed by atoms with Gasteiger partial charge >= 0.3 is 5.97 Å². The predicted molar refractivity (Wildman–Crippen MR) is 62.9 cm³/mol. The van der Waals surface area contributed by atoms with Gasteiger partial charge in [-0.15, -0.1) is 0 Å². The molecule has 0 saturated heterocycles. The van der Waals surface area contributed by atoms with Crippen molar-refractivity contribution in [2.45, 2.75) is 19.4 Å². The van der Waals surface area contributed by atoms with Crippen molar-refractivity contribution in [1.29, 1.82) is 0 Å². The Kier molecular flexibility index (Phi) is 2.21. The van der Waals surface area contributed by atoms with E-state index in [1.807, 2.05) is 30.3 Å². The van der Waals surface area contributed by atoms with E-state index < -0.39 is 6.04 Å². The molecule has 1 aliphatic rings. The molecule has 0 N–H and O–H groups in total. The Hall–Kier alpha value is -2.10. The molecule has 86 valence electrons. The number of aliphatic imine (C=N–C) groups is 1. The van der Waals surface area contributed by atoms with E-state index in [-0.39, 0.29) is 5.97 Å². The maximum absolute atomic E-state index is 11.4. The highest BCUT2D eigenvalue weighted by Gasteiger charge is 2.28. The molecule has 0 fully saturated rings. The molecule has 17 heavy (non-hydrogen) atoms. The van der Waals surface area contributed by atoms with Crippen LogP contribution < -0.4 is 0 Å². The van der Waals surface area contributed by atoms with Crippen molar-refractivity contribution < 1.29 is 13.9 Å². The lowest BCUT2D eigenvalue weighted by molar-refractivity contribution is -0.135. The van der Waals surface area contributed by atoms with Crippen LogP contribution in [0.15, 0.2) is 39.7 Å². The van der Waals surface area contributed by atoms with Crippen molar-refractivity contribution in [3.63, 3.8) is 0 Å². The molecular formula is C13H11NO3. The van der Waals surface area contributed by atoms with Gasteiger partial charge in [-0.05, 0) is 12.1 Å². The first-order valence-corrected chi connectivity index (χ1v) is 5.46. The highest BCUT2D eigenvalue weighted by atomic mass is 16.6. The van der Waals surface area contributed by atoms with Crippen LogP contribution in [-0.2, 0) is 16.0 Å². The maximum atomic E-state index is 11.4. The monoisotopic (exact) mass is 229 g/mol. The van der Waals surface area contributed by atoms with Crippen LogP contribution in [0.25, 0.3) is 11.0 Å². The van der Waals surface area contributed by atoms with E-state index in [1.165, 1.54) is 0 Å². The Balaban J connectivity index is 1.88. The summed E-state index contributed by atoms with van der Waals surface area (Å²) < 4.78 is 10.5. The number of carbonyl (C=O) groups is 1. The minimum atomic E-state index is -0.462. The smallest absolute Gasteiger partial charge is 0.337 e. The van der Waals surface area contributed by atoms with Crippen LogP contribution in [0.2, 0.25) is 0 Å². The van der Waals surface area contributed by atoms with Crippen LogP contribution >= 0.6 is 0 Å². The van der Waals surface area contributed by atoms with E-state index in [2.05, 4.69) is 4.99 Å². The number of furan rings is 1. The fourth-order valence-electron chi connectivity index (χ4n) is 1.97. The number of nitrogens with zero attached hydrogens (tertiary/aromatic N) is 1. The first kappa shape index (κ1) is 10.1. The van der Waals surface area contributed by atoms with Gasteiger partial charge in [-0.25, -0.2) is 9.79 Å². The van der Waals surface area contributed by atoms with Crippen molar-refractivity contribution >= 4 is 22.8 Å². The summed E-state index contributed by atoms with van der Waals surface area (Å²) in [6.45, 7) is 1.68. The van der Waals surface area contributed by atoms with Gasteiger partial charge in [-0.3, -0.25) is 0 Å². The van der Waals surface area contributed by atoms with Gasteiger partial charge in [0.1, 0.15) is 11.3 Å². The second kappa shape index (κ2) is 3.73. The van der Waals surface area contributed by atoms with E-state index in [0.717, 1.165) is 16.7 Å². The fourth-order valence-corrected chi connectivity index (χ4v) is 1.97. The zero-order valence-corrected chi connectivity index (χ0v) is 9.34. The van der Waals surface area contributed by atoms with Gasteiger partial charge in [-0.2, -0.15) is 0 Å². The number of benzene rings is 1. The summed E-state index contributed by atoms with van der Waals surface area (Å²) in [4.78, 5) is 15.5. The molecule has 4 heteroatoms. The third kappa shape index (κ3) is 1.82. The second-order valence-electron chi connectivity index (χ2n) is 4.04. The molecular weight excluding hydrogens is 218 g/mol. The largest absolute Gasteiger partial charge is 0.461 e. The van der Waals surface area contributed by atoms with E-state index in [9.17, 15) is 4.79 Å². The van der Waals surface area contributed by atoms with Crippen molar-refractivity contribution in [3.05, 3.63) is 36.1 Å². The predicted octanol–water partition coefficient (Wildman–Crippen LogP) is 2.32. The average molecular weight is 229 g/mol. The summed E-state index contributed by atoms with van der Waals surface area (Å²) in [7, 11) is 0. The number of esters is 1. The molecule has 1 aromatic heterocycles. The van der Waals surface area contributed by atoms with Gasteiger partial charge < -0.3 is 9.15 Å². The van der Waals surface area contributed by atoms with Crippen molar-refractivity contribution in [2.75, 3.05) is 0 Å². The highest BCUT2D eigenvalue weighted by molar-refractivity contribution is 5.96. The SMILES string of the molecule is CC1=N[C@H](Cc2cc3ccccc3o2)C(=O)O1. The Morgan fingerprint density at radius 3 is 2.88 bits per heavy atom. The number of ether oxygens (including phenoxy) is 1. The van der Waals surface area contributed by atoms with Gasteiger partial charge in [0.25, 0.3) is 0 Å². The Morgan fingerprint density at radius 1 is 1.35 bits per heavy atom. The first-order chi connectivity index (χ1) is 8.22. The lowest BCUT2D eigenvalue weighted by Gasteiger charge is -1.99. The molecule has 0 spiro atoms. The average Bonchev–Trinajstić information content (AvgIpc) is 2.82. The van der Waals surface area contributed by atoms with Crippen LogP contribution in [0, 0.1) is 0 Å². The van der Waals surface area contributed by atoms with Gasteiger partial charge in [0.2, 0.25) is 0 Å². The zero-order chi connectivity index (χ0) is 11.8. The van der Waals surface area contributed by atoms with Crippen LogP contribution in [-0.4, -0.2) is 17.9 Å². The summed E-state index contributed by atoms with van der Waals surface area (Å²) in [5.74, 6) is 0.880. The molecule has 0 aliphatic carbocycles. The van der Waals surface area contributed by atoms with Crippen molar-refractivity contribution in [3.8, 4) is 0 Å². The third-order valence-corrected chi connectivity index (χ3v) is 2.73. The van der Waals surface area contributed by atoms with Crippen molar-refractivity contribution in [2.24, 2.45) is 4.99 Å². The molecule has 2 heterocycles. The summed E-state index contributed by atoms with van der Waals surface area (Å²) >= 11 is 0. The van der Waals surface area contributed by atoms with E-state index in [1.54, 1.807) is 6.92 Å². The number of hydrogen-bond donors (Lipinski definition) is 0. The Labute approximate surface area is 97.9 Å². The molecule has 4 nitrogen and oxygen atoms in total. The molecule has 0 radical (unpaired) electrons. The Bertz CT molecular complexity index is 579. The van der Waals surface area contributed by atoms with Crippen LogP contribution in [0.3, 0.4) is 0 Å². The van der Waals surface area contributed by atoms with Gasteiger partial charge in [0.05, 0.1) is 0 Å². The molecule has 0 bridgehead atoms. The molecule has 1 aromatic carbocycles. The second-order valence-corrected chi connectivity index (χ2v) is 4.04. The van der Waals surface area contributed by atoms with Crippen LogP contribution in [0.5, 0.6) is 0 Å². The summed E-state index contributed by atoms with van der Waals surface area (Å²) in [6, 6.07) is 9.22. The zero-order valence-electron chi connectivity index (χ0n) is 9.34. The summed E-state index contributed by atoms with van der Waals surface area (Å²) in [5, 5.41) is 1.04. The van der Waals surface area contributed by atoms with Gasteiger partial charge in [0, 0.05) is 18.7 Å². The molecule has 3 rings (SSSR count). The normalized spacial score (nSPS) is 19.5. The molecule has 1 aliphatic heterocycles. The van der Waals surface area contributed by atoms with Crippen molar-refractivity contribution in [1.82, 2.24) is 0 Å². The van der Waals surface area contributed by atoms with Crippen LogP contribution in [0.1, 0.15) is 12.7 Å². The quantitative estimate of drug-likeness (QED) is 0.742. The minimum absolute atomic E-state index is 0.303. The summed E-state index contributed by atoms with van der Waals surface area (Å²) in [6.07, 6.45) is 0.449. The van der Waals surface area contributed by atoms with Crippen LogP contribution in [0.4, 0.5) is 0 Å². The maximum Gasteiger partial charge on any atom is 0.337 e. The number of rotatable bonds is 2. The number of carbonyl (C=O) groups excluding carboxylic acids is 1. The highest BCUT2D eigenvalue weighted by Crippen LogP contribution is 2.21. The standard InChI is InChI=1S/C13H11NO3/c1-8-14-11(13(15)16-8)7-10-6-9-4-2-3-5-12(9)17-10/h2-6,11H,7H2,1H3/t11-/m1/s1. The Morgan fingerprint density at radius 2 is 2.18 bits per heavy atom. The molecule has 1 atom stereocenters. The first-order valence-electron chi connectivity index (χ1n) is 5.46. The lowest BCUT2D eigenvalue weighted by Crippen LogP contribution is -2.17. The van der Waals surface area contributed by atoms with Gasteiger partial charge in [0.15, 0.2) is 11.9 Å². The third-order valence-electron chi connectivity index (χ3n) is 2.73. The fraction of sp³-hybridized carbons (Fsp3) is 0.231. The topological polar surface area (TPSA) is 51.8 Å².